The Labute approximate surface area is 231 Å². The number of ether oxygens (including phenoxy) is 3. The van der Waals surface area contributed by atoms with Gasteiger partial charge in [0.25, 0.3) is 5.91 Å². The van der Waals surface area contributed by atoms with Gasteiger partial charge in [0.05, 0.1) is 0 Å². The zero-order valence-corrected chi connectivity index (χ0v) is 23.1. The SMILES string of the molecule is CC(=O)N1CCCCCCCN(C2CCOCC2)Cc2cc(C(=O)NCCc3ccc4c(c3)OCO4)ccc21. The van der Waals surface area contributed by atoms with Crippen LogP contribution in [0.1, 0.15) is 73.4 Å². The van der Waals surface area contributed by atoms with E-state index in [9.17, 15) is 9.59 Å². The van der Waals surface area contributed by atoms with Crippen LogP contribution in [0.15, 0.2) is 36.4 Å². The van der Waals surface area contributed by atoms with Crippen molar-refractivity contribution in [2.24, 2.45) is 0 Å². The third-order valence-electron chi connectivity index (χ3n) is 8.06. The lowest BCUT2D eigenvalue weighted by atomic mass is 10.0. The Morgan fingerprint density at radius 3 is 2.51 bits per heavy atom. The van der Waals surface area contributed by atoms with Gasteiger partial charge in [0, 0.05) is 57.1 Å². The molecule has 0 radical (unpaired) electrons. The van der Waals surface area contributed by atoms with Crippen LogP contribution in [0.2, 0.25) is 0 Å². The summed E-state index contributed by atoms with van der Waals surface area (Å²) in [6.45, 7) is 6.45. The summed E-state index contributed by atoms with van der Waals surface area (Å²) >= 11 is 0. The highest BCUT2D eigenvalue weighted by atomic mass is 16.7. The van der Waals surface area contributed by atoms with Gasteiger partial charge in [-0.2, -0.15) is 0 Å². The molecule has 1 N–H and O–H groups in total. The highest BCUT2D eigenvalue weighted by molar-refractivity contribution is 5.97. The summed E-state index contributed by atoms with van der Waals surface area (Å²) in [5.41, 5.74) is 3.68. The third kappa shape index (κ3) is 7.11. The summed E-state index contributed by atoms with van der Waals surface area (Å²) in [7, 11) is 0. The normalized spacial score (nSPS) is 19.1. The smallest absolute Gasteiger partial charge is 0.251 e. The molecule has 5 rings (SSSR count). The molecule has 0 aliphatic carbocycles. The van der Waals surface area contributed by atoms with Crippen LogP contribution in [-0.2, 0) is 22.5 Å². The number of fused-ring (bicyclic) bond motifs is 2. The molecule has 1 saturated heterocycles. The highest BCUT2D eigenvalue weighted by Crippen LogP contribution is 2.32. The number of nitrogens with zero attached hydrogens (tertiary/aromatic N) is 2. The first kappa shape index (κ1) is 27.5. The van der Waals surface area contributed by atoms with E-state index >= 15 is 0 Å². The zero-order valence-electron chi connectivity index (χ0n) is 23.1. The van der Waals surface area contributed by atoms with Crippen molar-refractivity contribution < 1.29 is 23.8 Å². The molecule has 0 bridgehead atoms. The van der Waals surface area contributed by atoms with Gasteiger partial charge in [0.2, 0.25) is 12.7 Å². The topological polar surface area (TPSA) is 80.3 Å². The second kappa shape index (κ2) is 13.3. The fraction of sp³-hybridized carbons (Fsp3) is 0.548. The fourth-order valence-corrected chi connectivity index (χ4v) is 5.86. The Bertz CT molecular complexity index is 1150. The van der Waals surface area contributed by atoms with E-state index in [0.717, 1.165) is 80.3 Å². The Hall–Kier alpha value is -3.10. The van der Waals surface area contributed by atoms with Gasteiger partial charge < -0.3 is 24.4 Å². The van der Waals surface area contributed by atoms with Crippen molar-refractivity contribution in [3.8, 4) is 11.5 Å². The van der Waals surface area contributed by atoms with Crippen LogP contribution in [0.25, 0.3) is 0 Å². The van der Waals surface area contributed by atoms with Gasteiger partial charge in [-0.3, -0.25) is 14.5 Å². The number of hydrogen-bond donors (Lipinski definition) is 1. The molecule has 1 fully saturated rings. The molecule has 8 heteroatoms. The van der Waals surface area contributed by atoms with Crippen LogP contribution in [0.5, 0.6) is 11.5 Å². The van der Waals surface area contributed by atoms with E-state index in [4.69, 9.17) is 14.2 Å². The van der Waals surface area contributed by atoms with Crippen LogP contribution >= 0.6 is 0 Å². The Morgan fingerprint density at radius 2 is 1.69 bits per heavy atom. The standard InChI is InChI=1S/C31H41N3O5/c1-23(35)34-16-6-4-2-3-5-15-33(27-12-17-37-18-13-27)21-26-20-25(8-9-28(26)34)31(36)32-14-11-24-7-10-29-30(19-24)39-22-38-29/h7-10,19-20,27H,2-6,11-18,21-22H2,1H3,(H,32,36). The lowest BCUT2D eigenvalue weighted by Gasteiger charge is -2.36. The zero-order chi connectivity index (χ0) is 27.0. The van der Waals surface area contributed by atoms with Crippen molar-refractivity contribution in [2.75, 3.05) is 44.5 Å². The fourth-order valence-electron chi connectivity index (χ4n) is 5.86. The molecule has 3 aliphatic rings. The predicted octanol–water partition coefficient (Wildman–Crippen LogP) is 4.69. The van der Waals surface area contributed by atoms with Crippen LogP contribution in [-0.4, -0.2) is 62.4 Å². The summed E-state index contributed by atoms with van der Waals surface area (Å²) in [6.07, 6.45) is 8.43. The summed E-state index contributed by atoms with van der Waals surface area (Å²) in [5.74, 6) is 1.46. The summed E-state index contributed by atoms with van der Waals surface area (Å²) in [4.78, 5) is 30.4. The number of carbonyl (C=O) groups is 2. The van der Waals surface area contributed by atoms with E-state index in [0.29, 0.717) is 31.1 Å². The molecular formula is C31H41N3O5. The molecule has 39 heavy (non-hydrogen) atoms. The van der Waals surface area contributed by atoms with Gasteiger partial charge in [-0.25, -0.2) is 0 Å². The molecule has 0 aromatic heterocycles. The van der Waals surface area contributed by atoms with Gasteiger partial charge in [-0.15, -0.1) is 0 Å². The number of hydrogen-bond acceptors (Lipinski definition) is 6. The minimum atomic E-state index is -0.100. The van der Waals surface area contributed by atoms with Crippen LogP contribution < -0.4 is 19.7 Å². The summed E-state index contributed by atoms with van der Waals surface area (Å²) in [5, 5.41) is 3.08. The molecule has 0 saturated carbocycles. The van der Waals surface area contributed by atoms with Crippen LogP contribution in [0.3, 0.4) is 0 Å². The first-order valence-electron chi connectivity index (χ1n) is 14.5. The minimum absolute atomic E-state index is 0.0480. The molecule has 2 amide bonds. The predicted molar refractivity (Wildman–Crippen MR) is 150 cm³/mol. The number of anilines is 1. The number of benzene rings is 2. The van der Waals surface area contributed by atoms with E-state index in [1.807, 2.05) is 41.3 Å². The molecule has 210 valence electrons. The lowest BCUT2D eigenvalue weighted by molar-refractivity contribution is -0.116. The van der Waals surface area contributed by atoms with Gasteiger partial charge in [0.15, 0.2) is 11.5 Å². The van der Waals surface area contributed by atoms with E-state index < -0.39 is 0 Å². The number of carbonyl (C=O) groups excluding carboxylic acids is 2. The second-order valence-electron chi connectivity index (χ2n) is 10.8. The lowest BCUT2D eigenvalue weighted by Crippen LogP contribution is -2.40. The molecule has 0 unspecified atom stereocenters. The van der Waals surface area contributed by atoms with Crippen molar-refractivity contribution in [1.29, 1.82) is 0 Å². The molecule has 2 aromatic carbocycles. The Balaban J connectivity index is 1.33. The second-order valence-corrected chi connectivity index (χ2v) is 10.8. The molecule has 0 spiro atoms. The molecule has 2 aromatic rings. The maximum atomic E-state index is 13.2. The maximum Gasteiger partial charge on any atom is 0.251 e. The van der Waals surface area contributed by atoms with Gasteiger partial charge in [-0.05, 0) is 80.1 Å². The largest absolute Gasteiger partial charge is 0.454 e. The van der Waals surface area contributed by atoms with Crippen molar-refractivity contribution in [3.05, 3.63) is 53.1 Å². The van der Waals surface area contributed by atoms with E-state index in [1.54, 1.807) is 6.92 Å². The molecule has 0 atom stereocenters. The first-order chi connectivity index (χ1) is 19.1. The number of rotatable bonds is 5. The monoisotopic (exact) mass is 535 g/mol. The van der Waals surface area contributed by atoms with Crippen molar-refractivity contribution in [3.63, 3.8) is 0 Å². The van der Waals surface area contributed by atoms with Crippen LogP contribution in [0, 0.1) is 0 Å². The van der Waals surface area contributed by atoms with E-state index in [2.05, 4.69) is 10.2 Å². The molecule has 3 aliphatic heterocycles. The van der Waals surface area contributed by atoms with E-state index in [-0.39, 0.29) is 18.6 Å². The van der Waals surface area contributed by atoms with Crippen molar-refractivity contribution >= 4 is 17.5 Å². The third-order valence-corrected chi connectivity index (χ3v) is 8.06. The number of nitrogens with one attached hydrogen (secondary N) is 1. The summed E-state index contributed by atoms with van der Waals surface area (Å²) in [6, 6.07) is 12.2. The van der Waals surface area contributed by atoms with Gasteiger partial charge >= 0.3 is 0 Å². The molecular weight excluding hydrogens is 494 g/mol. The van der Waals surface area contributed by atoms with E-state index in [1.165, 1.54) is 19.3 Å². The minimum Gasteiger partial charge on any atom is -0.454 e. The number of amides is 2. The average molecular weight is 536 g/mol. The Morgan fingerprint density at radius 1 is 0.923 bits per heavy atom. The summed E-state index contributed by atoms with van der Waals surface area (Å²) < 4.78 is 16.5. The first-order valence-corrected chi connectivity index (χ1v) is 14.5. The average Bonchev–Trinajstić information content (AvgIpc) is 3.41. The van der Waals surface area contributed by atoms with Crippen molar-refractivity contribution in [1.82, 2.24) is 10.2 Å². The Kier molecular flexibility index (Phi) is 9.37. The van der Waals surface area contributed by atoms with Crippen LogP contribution in [0.4, 0.5) is 5.69 Å². The van der Waals surface area contributed by atoms with Gasteiger partial charge in [0.1, 0.15) is 0 Å². The molecule has 8 nitrogen and oxygen atoms in total. The highest BCUT2D eigenvalue weighted by Gasteiger charge is 2.25. The van der Waals surface area contributed by atoms with Gasteiger partial charge in [-0.1, -0.05) is 25.3 Å². The quantitative estimate of drug-likeness (QED) is 0.599. The van der Waals surface area contributed by atoms with Crippen molar-refractivity contribution in [2.45, 2.75) is 70.9 Å². The molecule has 3 heterocycles. The maximum absolute atomic E-state index is 13.2.